The zero-order valence-corrected chi connectivity index (χ0v) is 16.4. The molecule has 140 valence electrons. The number of hydrogen-bond donors (Lipinski definition) is 1. The number of hydrogen-bond acceptors (Lipinski definition) is 6. The molecule has 0 saturated heterocycles. The first-order chi connectivity index (χ1) is 12.5. The smallest absolute Gasteiger partial charge is 0.225 e. The Kier molecular flexibility index (Phi) is 6.14. The van der Waals surface area contributed by atoms with E-state index < -0.39 is 0 Å². The summed E-state index contributed by atoms with van der Waals surface area (Å²) in [5.74, 6) is 1.64. The summed E-state index contributed by atoms with van der Waals surface area (Å²) < 4.78 is 0. The van der Waals surface area contributed by atoms with Gasteiger partial charge in [-0.05, 0) is 33.6 Å². The second kappa shape index (κ2) is 8.54. The Morgan fingerprint density at radius 2 is 1.77 bits per heavy atom. The van der Waals surface area contributed by atoms with Gasteiger partial charge in [-0.25, -0.2) is 19.9 Å². The van der Waals surface area contributed by atoms with Gasteiger partial charge in [0, 0.05) is 61.1 Å². The van der Waals surface area contributed by atoms with Gasteiger partial charge in [0.2, 0.25) is 5.95 Å². The Morgan fingerprint density at radius 3 is 2.42 bits per heavy atom. The SMILES string of the molecule is Cc1ncc(CNC(C)c2cnc(N(C)C3CCCCC3)nc2C)cn1. The third kappa shape index (κ3) is 4.55. The molecule has 2 heterocycles. The Bertz CT molecular complexity index is 709. The Labute approximate surface area is 156 Å². The first-order valence-electron chi connectivity index (χ1n) is 9.62. The first-order valence-corrected chi connectivity index (χ1v) is 9.62. The van der Waals surface area contributed by atoms with E-state index >= 15 is 0 Å². The van der Waals surface area contributed by atoms with Crippen LogP contribution in [0.15, 0.2) is 18.6 Å². The van der Waals surface area contributed by atoms with Crippen molar-refractivity contribution in [2.75, 3.05) is 11.9 Å². The molecule has 0 aromatic carbocycles. The van der Waals surface area contributed by atoms with Crippen LogP contribution in [0.4, 0.5) is 5.95 Å². The van der Waals surface area contributed by atoms with Gasteiger partial charge in [-0.3, -0.25) is 0 Å². The van der Waals surface area contributed by atoms with Crippen molar-refractivity contribution in [3.8, 4) is 0 Å². The summed E-state index contributed by atoms with van der Waals surface area (Å²) in [4.78, 5) is 20.2. The van der Waals surface area contributed by atoms with E-state index in [9.17, 15) is 0 Å². The molecular weight excluding hydrogens is 324 g/mol. The molecule has 2 aromatic heterocycles. The van der Waals surface area contributed by atoms with Crippen molar-refractivity contribution in [1.82, 2.24) is 25.3 Å². The largest absolute Gasteiger partial charge is 0.341 e. The van der Waals surface area contributed by atoms with Gasteiger partial charge >= 0.3 is 0 Å². The zero-order valence-electron chi connectivity index (χ0n) is 16.4. The molecule has 26 heavy (non-hydrogen) atoms. The molecule has 1 saturated carbocycles. The lowest BCUT2D eigenvalue weighted by Crippen LogP contribution is -2.34. The van der Waals surface area contributed by atoms with Crippen LogP contribution in [0.2, 0.25) is 0 Å². The lowest BCUT2D eigenvalue weighted by atomic mass is 9.95. The first kappa shape index (κ1) is 18.7. The monoisotopic (exact) mass is 354 g/mol. The molecule has 1 aliphatic carbocycles. The normalized spacial score (nSPS) is 16.5. The number of aryl methyl sites for hydroxylation is 2. The molecule has 2 aromatic rings. The highest BCUT2D eigenvalue weighted by molar-refractivity contribution is 5.34. The standard InChI is InChI=1S/C20H30N6/c1-14(21-10-17-11-22-16(3)23-12-17)19-13-24-20(25-15(19)2)26(4)18-8-6-5-7-9-18/h11-14,18,21H,5-10H2,1-4H3. The van der Waals surface area contributed by atoms with Gasteiger partial charge in [0.1, 0.15) is 5.82 Å². The molecule has 0 spiro atoms. The van der Waals surface area contributed by atoms with Crippen LogP contribution >= 0.6 is 0 Å². The van der Waals surface area contributed by atoms with Crippen LogP contribution in [0.5, 0.6) is 0 Å². The molecule has 1 unspecified atom stereocenters. The third-order valence-corrected chi connectivity index (χ3v) is 5.36. The van der Waals surface area contributed by atoms with E-state index in [1.54, 1.807) is 0 Å². The Balaban J connectivity index is 1.63. The molecule has 1 aliphatic rings. The number of nitrogens with zero attached hydrogens (tertiary/aromatic N) is 5. The van der Waals surface area contributed by atoms with E-state index in [0.717, 1.165) is 35.1 Å². The van der Waals surface area contributed by atoms with E-state index in [1.165, 1.54) is 32.1 Å². The molecule has 0 amide bonds. The maximum atomic E-state index is 4.79. The summed E-state index contributed by atoms with van der Waals surface area (Å²) in [7, 11) is 2.13. The summed E-state index contributed by atoms with van der Waals surface area (Å²) in [6, 6.07) is 0.747. The highest BCUT2D eigenvalue weighted by atomic mass is 15.3. The quantitative estimate of drug-likeness (QED) is 0.856. The van der Waals surface area contributed by atoms with Crippen LogP contribution in [-0.4, -0.2) is 33.0 Å². The fourth-order valence-electron chi connectivity index (χ4n) is 3.58. The van der Waals surface area contributed by atoms with Crippen molar-refractivity contribution in [3.63, 3.8) is 0 Å². The van der Waals surface area contributed by atoms with Gasteiger partial charge in [0.05, 0.1) is 0 Å². The number of rotatable bonds is 6. The summed E-state index contributed by atoms with van der Waals surface area (Å²) in [5.41, 5.74) is 3.26. The van der Waals surface area contributed by atoms with Crippen molar-refractivity contribution >= 4 is 5.95 Å². The maximum Gasteiger partial charge on any atom is 0.225 e. The minimum absolute atomic E-state index is 0.172. The molecule has 1 N–H and O–H groups in total. The van der Waals surface area contributed by atoms with Crippen LogP contribution in [0.25, 0.3) is 0 Å². The summed E-state index contributed by atoms with van der Waals surface area (Å²) in [5, 5.41) is 3.51. The van der Waals surface area contributed by atoms with Crippen molar-refractivity contribution in [2.24, 2.45) is 0 Å². The molecule has 0 aliphatic heterocycles. The zero-order chi connectivity index (χ0) is 18.5. The van der Waals surface area contributed by atoms with Crippen LogP contribution in [-0.2, 0) is 6.54 Å². The maximum absolute atomic E-state index is 4.79. The highest BCUT2D eigenvalue weighted by Crippen LogP contribution is 2.25. The van der Waals surface area contributed by atoms with Crippen molar-refractivity contribution in [2.45, 2.75) is 71.5 Å². The van der Waals surface area contributed by atoms with Gasteiger partial charge in [0.15, 0.2) is 0 Å². The second-order valence-electron chi connectivity index (χ2n) is 7.35. The molecule has 3 rings (SSSR count). The van der Waals surface area contributed by atoms with E-state index in [-0.39, 0.29) is 6.04 Å². The predicted molar refractivity (Wildman–Crippen MR) is 104 cm³/mol. The van der Waals surface area contributed by atoms with E-state index in [4.69, 9.17) is 4.98 Å². The van der Waals surface area contributed by atoms with Gasteiger partial charge in [-0.2, -0.15) is 0 Å². The molecule has 1 atom stereocenters. The molecule has 0 radical (unpaired) electrons. The van der Waals surface area contributed by atoms with Crippen LogP contribution in [0, 0.1) is 13.8 Å². The average Bonchev–Trinajstić information content (AvgIpc) is 2.67. The molecule has 6 heteroatoms. The Hall–Kier alpha value is -2.08. The van der Waals surface area contributed by atoms with Crippen LogP contribution in [0.3, 0.4) is 0 Å². The van der Waals surface area contributed by atoms with Gasteiger partial charge < -0.3 is 10.2 Å². The molecule has 0 bridgehead atoms. The molecule has 6 nitrogen and oxygen atoms in total. The fraction of sp³-hybridized carbons (Fsp3) is 0.600. The van der Waals surface area contributed by atoms with Gasteiger partial charge in [0.25, 0.3) is 0 Å². The fourth-order valence-corrected chi connectivity index (χ4v) is 3.58. The van der Waals surface area contributed by atoms with Gasteiger partial charge in [-0.15, -0.1) is 0 Å². The van der Waals surface area contributed by atoms with Crippen molar-refractivity contribution in [1.29, 1.82) is 0 Å². The summed E-state index contributed by atoms with van der Waals surface area (Å²) >= 11 is 0. The minimum Gasteiger partial charge on any atom is -0.341 e. The van der Waals surface area contributed by atoms with Gasteiger partial charge in [-0.1, -0.05) is 19.3 Å². The van der Waals surface area contributed by atoms with E-state index in [0.29, 0.717) is 6.04 Å². The van der Waals surface area contributed by atoms with Crippen molar-refractivity contribution in [3.05, 3.63) is 41.2 Å². The summed E-state index contributed by atoms with van der Waals surface area (Å²) in [6.45, 7) is 6.84. The highest BCUT2D eigenvalue weighted by Gasteiger charge is 2.21. The number of aromatic nitrogens is 4. The molecule has 1 fully saturated rings. The average molecular weight is 355 g/mol. The topological polar surface area (TPSA) is 66.8 Å². The number of anilines is 1. The minimum atomic E-state index is 0.172. The van der Waals surface area contributed by atoms with Crippen LogP contribution < -0.4 is 10.2 Å². The van der Waals surface area contributed by atoms with E-state index in [2.05, 4.69) is 46.1 Å². The lowest BCUT2D eigenvalue weighted by molar-refractivity contribution is 0.423. The third-order valence-electron chi connectivity index (χ3n) is 5.36. The van der Waals surface area contributed by atoms with Crippen molar-refractivity contribution < 1.29 is 0 Å². The second-order valence-corrected chi connectivity index (χ2v) is 7.35. The Morgan fingerprint density at radius 1 is 1.08 bits per heavy atom. The molecular formula is C20H30N6. The number of nitrogens with one attached hydrogen (secondary N) is 1. The lowest BCUT2D eigenvalue weighted by Gasteiger charge is -2.31. The predicted octanol–water partition coefficient (Wildman–Crippen LogP) is 3.50. The summed E-state index contributed by atoms with van der Waals surface area (Å²) in [6.07, 6.45) is 12.2. The van der Waals surface area contributed by atoms with E-state index in [1.807, 2.05) is 25.5 Å². The van der Waals surface area contributed by atoms with Crippen LogP contribution in [0.1, 0.15) is 67.7 Å².